The molecule has 168 valence electrons. The Bertz CT molecular complexity index is 1300. The first-order chi connectivity index (χ1) is 16.0. The summed E-state index contributed by atoms with van der Waals surface area (Å²) in [7, 11) is 2.97. The van der Waals surface area contributed by atoms with Crippen molar-refractivity contribution in [2.45, 2.75) is 6.54 Å². The number of hydrogen-bond donors (Lipinski definition) is 3. The largest absolute Gasteiger partial charge is 0.452 e. The molecular formula is C24H23N5O3S. The summed E-state index contributed by atoms with van der Waals surface area (Å²) in [6, 6.07) is 17.2. The second kappa shape index (κ2) is 9.58. The molecule has 4 rings (SSSR count). The molecule has 0 aliphatic heterocycles. The molecule has 2 aromatic carbocycles. The highest BCUT2D eigenvalue weighted by atomic mass is 32.1. The highest BCUT2D eigenvalue weighted by Gasteiger charge is 2.13. The molecule has 2 aromatic heterocycles. The van der Waals surface area contributed by atoms with E-state index in [2.05, 4.69) is 39.2 Å². The standard InChI is InChI=1S/C24H23N5O3S/c1-29(24(31)32-2)18-8-6-17(7-9-18)28-21-12-20(19(14-27-21)23(25)30)26-13-16-5-3-4-15-10-11-33-22(15)16/h3-12,14H,13H2,1-2H3,(H2,25,30)(H2,26,27,28). The highest BCUT2D eigenvalue weighted by Crippen LogP contribution is 2.27. The fraction of sp³-hybridized carbons (Fsp3) is 0.125. The van der Waals surface area contributed by atoms with Crippen molar-refractivity contribution >= 4 is 56.3 Å². The third-order valence-corrected chi connectivity index (χ3v) is 6.18. The Hall–Kier alpha value is -4.11. The van der Waals surface area contributed by atoms with Gasteiger partial charge in [-0.05, 0) is 46.7 Å². The van der Waals surface area contributed by atoms with Gasteiger partial charge in [-0.15, -0.1) is 11.3 Å². The number of primary amides is 1. The fourth-order valence-corrected chi connectivity index (χ4v) is 4.32. The second-order valence-electron chi connectivity index (χ2n) is 7.29. The molecule has 0 spiro atoms. The topological polar surface area (TPSA) is 110 Å². The molecule has 0 unspecified atom stereocenters. The highest BCUT2D eigenvalue weighted by molar-refractivity contribution is 7.17. The van der Waals surface area contributed by atoms with Crippen LogP contribution < -0.4 is 21.3 Å². The van der Waals surface area contributed by atoms with Crippen molar-refractivity contribution in [1.29, 1.82) is 0 Å². The molecule has 0 saturated carbocycles. The van der Waals surface area contributed by atoms with Crippen LogP contribution in [0.3, 0.4) is 0 Å². The Labute approximate surface area is 195 Å². The molecule has 9 heteroatoms. The van der Waals surface area contributed by atoms with E-state index < -0.39 is 12.0 Å². The van der Waals surface area contributed by atoms with E-state index in [0.29, 0.717) is 29.3 Å². The number of aromatic nitrogens is 1. The van der Waals surface area contributed by atoms with Crippen molar-refractivity contribution in [1.82, 2.24) is 4.98 Å². The monoisotopic (exact) mass is 461 g/mol. The quantitative estimate of drug-likeness (QED) is 0.359. The fourth-order valence-electron chi connectivity index (χ4n) is 3.41. The Kier molecular flexibility index (Phi) is 6.41. The van der Waals surface area contributed by atoms with E-state index in [4.69, 9.17) is 10.5 Å². The van der Waals surface area contributed by atoms with Gasteiger partial charge in [0.1, 0.15) is 5.82 Å². The lowest BCUT2D eigenvalue weighted by Crippen LogP contribution is -2.25. The first-order valence-electron chi connectivity index (χ1n) is 10.1. The van der Waals surface area contributed by atoms with Crippen LogP contribution in [-0.2, 0) is 11.3 Å². The Balaban J connectivity index is 1.53. The van der Waals surface area contributed by atoms with E-state index in [9.17, 15) is 9.59 Å². The van der Waals surface area contributed by atoms with Gasteiger partial charge in [0.05, 0.1) is 18.4 Å². The number of pyridine rings is 1. The van der Waals surface area contributed by atoms with Crippen LogP contribution in [0.15, 0.2) is 66.2 Å². The number of thiophene rings is 1. The molecule has 2 heterocycles. The summed E-state index contributed by atoms with van der Waals surface area (Å²) in [4.78, 5) is 29.3. The van der Waals surface area contributed by atoms with Gasteiger partial charge in [-0.1, -0.05) is 18.2 Å². The summed E-state index contributed by atoms with van der Waals surface area (Å²) in [5.74, 6) is -0.00742. The average molecular weight is 462 g/mol. The minimum atomic E-state index is -0.555. The minimum Gasteiger partial charge on any atom is -0.452 e. The van der Waals surface area contributed by atoms with Crippen LogP contribution in [0.1, 0.15) is 15.9 Å². The summed E-state index contributed by atoms with van der Waals surface area (Å²) in [6.45, 7) is 0.538. The van der Waals surface area contributed by atoms with Crippen molar-refractivity contribution in [3.8, 4) is 0 Å². The lowest BCUT2D eigenvalue weighted by atomic mass is 10.1. The molecule has 0 atom stereocenters. The molecule has 33 heavy (non-hydrogen) atoms. The molecule has 0 fully saturated rings. The zero-order chi connectivity index (χ0) is 23.4. The number of anilines is 4. The molecule has 0 aliphatic rings. The van der Waals surface area contributed by atoms with Gasteiger partial charge in [0.2, 0.25) is 0 Å². The number of rotatable bonds is 7. The van der Waals surface area contributed by atoms with Gasteiger partial charge in [0.15, 0.2) is 0 Å². The van der Waals surface area contributed by atoms with Crippen LogP contribution in [0.25, 0.3) is 10.1 Å². The Morgan fingerprint density at radius 2 is 1.94 bits per heavy atom. The first kappa shape index (κ1) is 22.1. The maximum atomic E-state index is 11.9. The molecule has 4 N–H and O–H groups in total. The van der Waals surface area contributed by atoms with Gasteiger partial charge in [-0.3, -0.25) is 9.69 Å². The van der Waals surface area contributed by atoms with Crippen molar-refractivity contribution in [3.05, 3.63) is 77.3 Å². The van der Waals surface area contributed by atoms with Crippen molar-refractivity contribution < 1.29 is 14.3 Å². The predicted molar refractivity (Wildman–Crippen MR) is 132 cm³/mol. The molecule has 0 bridgehead atoms. The molecule has 0 radical (unpaired) electrons. The van der Waals surface area contributed by atoms with E-state index in [-0.39, 0.29) is 0 Å². The van der Waals surface area contributed by atoms with Gasteiger partial charge in [0, 0.05) is 41.9 Å². The van der Waals surface area contributed by atoms with Crippen molar-refractivity contribution in [2.24, 2.45) is 5.73 Å². The maximum absolute atomic E-state index is 11.9. The van der Waals surface area contributed by atoms with E-state index in [1.54, 1.807) is 36.6 Å². The SMILES string of the molecule is COC(=O)N(C)c1ccc(Nc2cc(NCc3cccc4ccsc34)c(C(N)=O)cn2)cc1. The molecular weight excluding hydrogens is 438 g/mol. The number of benzene rings is 2. The van der Waals surface area contributed by atoms with E-state index in [1.807, 2.05) is 18.2 Å². The number of fused-ring (bicyclic) bond motifs is 1. The van der Waals surface area contributed by atoms with Gasteiger partial charge >= 0.3 is 6.09 Å². The Morgan fingerprint density at radius 3 is 2.67 bits per heavy atom. The van der Waals surface area contributed by atoms with Crippen LogP contribution in [0, 0.1) is 0 Å². The zero-order valence-corrected chi connectivity index (χ0v) is 19.0. The molecule has 0 saturated heterocycles. The van der Waals surface area contributed by atoms with Crippen LogP contribution in [0.5, 0.6) is 0 Å². The second-order valence-corrected chi connectivity index (χ2v) is 8.21. The van der Waals surface area contributed by atoms with E-state index in [1.165, 1.54) is 28.3 Å². The minimum absolute atomic E-state index is 0.314. The molecule has 8 nitrogen and oxygen atoms in total. The average Bonchev–Trinajstić information content (AvgIpc) is 3.32. The summed E-state index contributed by atoms with van der Waals surface area (Å²) in [6.07, 6.45) is 1.01. The van der Waals surface area contributed by atoms with Crippen LogP contribution in [0.2, 0.25) is 0 Å². The lowest BCUT2D eigenvalue weighted by Gasteiger charge is -2.16. The number of hydrogen-bond acceptors (Lipinski definition) is 7. The summed E-state index contributed by atoms with van der Waals surface area (Å²) in [5.41, 5.74) is 9.06. The van der Waals surface area contributed by atoms with Crippen LogP contribution in [-0.4, -0.2) is 31.1 Å². The number of carbonyl (C=O) groups is 2. The number of carbonyl (C=O) groups excluding carboxylic acids is 2. The Morgan fingerprint density at radius 1 is 1.15 bits per heavy atom. The maximum Gasteiger partial charge on any atom is 0.413 e. The first-order valence-corrected chi connectivity index (χ1v) is 11.0. The number of methoxy groups -OCH3 is 1. The molecule has 4 aromatic rings. The van der Waals surface area contributed by atoms with Crippen molar-refractivity contribution in [2.75, 3.05) is 29.7 Å². The van der Waals surface area contributed by atoms with Crippen molar-refractivity contribution in [3.63, 3.8) is 0 Å². The van der Waals surface area contributed by atoms with E-state index in [0.717, 1.165) is 11.3 Å². The number of nitrogens with two attached hydrogens (primary N) is 1. The third kappa shape index (κ3) is 4.88. The van der Waals surface area contributed by atoms with Gasteiger partial charge in [0.25, 0.3) is 5.91 Å². The smallest absolute Gasteiger partial charge is 0.413 e. The number of ether oxygens (including phenoxy) is 1. The van der Waals surface area contributed by atoms with Crippen LogP contribution >= 0.6 is 11.3 Å². The summed E-state index contributed by atoms with van der Waals surface area (Å²) < 4.78 is 5.93. The van der Waals surface area contributed by atoms with E-state index >= 15 is 0 Å². The van der Waals surface area contributed by atoms with Gasteiger partial charge in [-0.25, -0.2) is 9.78 Å². The number of nitrogens with zero attached hydrogens (tertiary/aromatic N) is 2. The predicted octanol–water partition coefficient (Wildman–Crippen LogP) is 4.95. The normalized spacial score (nSPS) is 10.6. The zero-order valence-electron chi connectivity index (χ0n) is 18.2. The third-order valence-electron chi connectivity index (χ3n) is 5.17. The number of nitrogens with one attached hydrogen (secondary N) is 2. The molecule has 0 aliphatic carbocycles. The summed E-state index contributed by atoms with van der Waals surface area (Å²) >= 11 is 1.68. The molecule has 2 amide bonds. The van der Waals surface area contributed by atoms with Crippen LogP contribution in [0.4, 0.5) is 27.7 Å². The van der Waals surface area contributed by atoms with Gasteiger partial charge in [-0.2, -0.15) is 0 Å². The number of amides is 2. The summed E-state index contributed by atoms with van der Waals surface area (Å²) in [5, 5.41) is 9.79. The van der Waals surface area contributed by atoms with Gasteiger partial charge < -0.3 is 21.1 Å². The lowest BCUT2D eigenvalue weighted by molar-refractivity contribution is 0.100.